The number of hydrogen-bond acceptors (Lipinski definition) is 0. The van der Waals surface area contributed by atoms with Crippen molar-refractivity contribution in [3.8, 4) is 11.1 Å². The quantitative estimate of drug-likeness (QED) is 0.662. The van der Waals surface area contributed by atoms with Gasteiger partial charge in [-0.15, -0.1) is 0 Å². The first-order chi connectivity index (χ1) is 8.50. The summed E-state index contributed by atoms with van der Waals surface area (Å²) in [5.74, 6) is -0.950. The fourth-order valence-electron chi connectivity index (χ4n) is 1.70. The highest BCUT2D eigenvalue weighted by molar-refractivity contribution is 6.36. The number of halogens is 5. The molecular weight excluding hydrogens is 284 g/mol. The summed E-state index contributed by atoms with van der Waals surface area (Å²) >= 11 is 11.7. The molecule has 0 radical (unpaired) electrons. The molecule has 0 fully saturated rings. The molecule has 0 saturated heterocycles. The zero-order chi connectivity index (χ0) is 13.3. The first-order valence-electron chi connectivity index (χ1n) is 5.02. The number of hydrogen-bond donors (Lipinski definition) is 0. The van der Waals surface area contributed by atoms with E-state index in [0.717, 1.165) is 6.07 Å². The second kappa shape index (κ2) is 5.21. The van der Waals surface area contributed by atoms with Gasteiger partial charge in [0.15, 0.2) is 0 Å². The fraction of sp³-hybridized carbons (Fsp3) is 0.0769. The molecule has 0 aliphatic rings. The van der Waals surface area contributed by atoms with Gasteiger partial charge in [0.1, 0.15) is 5.82 Å². The molecule has 2 rings (SSSR count). The van der Waals surface area contributed by atoms with Gasteiger partial charge in [-0.1, -0.05) is 41.4 Å². The molecule has 0 amide bonds. The van der Waals surface area contributed by atoms with Crippen LogP contribution in [0.25, 0.3) is 11.1 Å². The first-order valence-corrected chi connectivity index (χ1v) is 5.78. The van der Waals surface area contributed by atoms with Gasteiger partial charge in [0, 0.05) is 15.6 Å². The van der Waals surface area contributed by atoms with Crippen LogP contribution in [0.4, 0.5) is 13.2 Å². The lowest BCUT2D eigenvalue weighted by molar-refractivity contribution is 0.147. The van der Waals surface area contributed by atoms with E-state index in [2.05, 4.69) is 0 Å². The number of alkyl halides is 2. The van der Waals surface area contributed by atoms with Crippen LogP contribution in [0.1, 0.15) is 12.0 Å². The summed E-state index contributed by atoms with van der Waals surface area (Å²) in [5.41, 5.74) is -0.246. The number of benzene rings is 2. The minimum Gasteiger partial charge on any atom is -0.206 e. The number of rotatable bonds is 2. The van der Waals surface area contributed by atoms with Crippen molar-refractivity contribution in [3.63, 3.8) is 0 Å². The summed E-state index contributed by atoms with van der Waals surface area (Å²) in [4.78, 5) is 0. The molecule has 0 spiro atoms. The molecule has 0 heterocycles. The average Bonchev–Trinajstić information content (AvgIpc) is 2.28. The van der Waals surface area contributed by atoms with Gasteiger partial charge < -0.3 is 0 Å². The van der Waals surface area contributed by atoms with Crippen molar-refractivity contribution in [2.24, 2.45) is 0 Å². The molecule has 0 saturated carbocycles. The minimum absolute atomic E-state index is 0.0756. The summed E-state index contributed by atoms with van der Waals surface area (Å²) in [7, 11) is 0. The van der Waals surface area contributed by atoms with Gasteiger partial charge in [-0.3, -0.25) is 0 Å². The molecule has 2 aromatic rings. The summed E-state index contributed by atoms with van der Waals surface area (Å²) in [6.07, 6.45) is -2.91. The Morgan fingerprint density at radius 3 is 2.28 bits per heavy atom. The van der Waals surface area contributed by atoms with Gasteiger partial charge in [-0.25, -0.2) is 13.2 Å². The molecule has 94 valence electrons. The van der Waals surface area contributed by atoms with E-state index >= 15 is 0 Å². The van der Waals surface area contributed by atoms with Crippen LogP contribution in [0.15, 0.2) is 36.4 Å². The van der Waals surface area contributed by atoms with Gasteiger partial charge in [-0.05, 0) is 23.8 Å². The second-order valence-corrected chi connectivity index (χ2v) is 4.47. The van der Waals surface area contributed by atoms with Crippen LogP contribution in [0, 0.1) is 5.82 Å². The van der Waals surface area contributed by atoms with Gasteiger partial charge in [0.2, 0.25) is 0 Å². The van der Waals surface area contributed by atoms with Crippen LogP contribution in [-0.2, 0) is 0 Å². The topological polar surface area (TPSA) is 0 Å². The summed E-state index contributed by atoms with van der Waals surface area (Å²) < 4.78 is 39.2. The van der Waals surface area contributed by atoms with E-state index in [-0.39, 0.29) is 10.6 Å². The van der Waals surface area contributed by atoms with Crippen molar-refractivity contribution in [2.45, 2.75) is 6.43 Å². The van der Waals surface area contributed by atoms with Crippen LogP contribution in [0.3, 0.4) is 0 Å². The molecule has 0 N–H and O–H groups in total. The fourth-order valence-corrected chi connectivity index (χ4v) is 2.21. The molecule has 5 heteroatoms. The van der Waals surface area contributed by atoms with E-state index in [4.69, 9.17) is 23.2 Å². The van der Waals surface area contributed by atoms with Crippen LogP contribution < -0.4 is 0 Å². The molecule has 0 unspecified atom stereocenters. The smallest absolute Gasteiger partial charge is 0.206 e. The van der Waals surface area contributed by atoms with Gasteiger partial charge >= 0.3 is 0 Å². The van der Waals surface area contributed by atoms with Gasteiger partial charge in [0.05, 0.1) is 5.56 Å². The maximum atomic E-state index is 13.4. The maximum Gasteiger partial charge on any atom is 0.267 e. The lowest BCUT2D eigenvalue weighted by Crippen LogP contribution is -1.95. The Balaban J connectivity index is 2.67. The third-order valence-corrected chi connectivity index (χ3v) is 3.04. The van der Waals surface area contributed by atoms with Crippen molar-refractivity contribution in [2.75, 3.05) is 0 Å². The first kappa shape index (κ1) is 13.2. The normalized spacial score (nSPS) is 11.0. The van der Waals surface area contributed by atoms with Crippen molar-refractivity contribution >= 4 is 23.2 Å². The Morgan fingerprint density at radius 2 is 1.67 bits per heavy atom. The molecule has 0 nitrogen and oxygen atoms in total. The predicted octanol–water partition coefficient (Wildman–Crippen LogP) is 5.74. The molecule has 2 aromatic carbocycles. The van der Waals surface area contributed by atoms with Crippen molar-refractivity contribution in [1.82, 2.24) is 0 Å². The Bertz CT molecular complexity index is 582. The lowest BCUT2D eigenvalue weighted by atomic mass is 9.99. The van der Waals surface area contributed by atoms with Crippen LogP contribution in [0.5, 0.6) is 0 Å². The lowest BCUT2D eigenvalue weighted by Gasteiger charge is -2.11. The largest absolute Gasteiger partial charge is 0.267 e. The molecular formula is C13H7Cl2F3. The van der Waals surface area contributed by atoms with Crippen molar-refractivity contribution < 1.29 is 13.2 Å². The zero-order valence-corrected chi connectivity index (χ0v) is 10.4. The minimum atomic E-state index is -2.91. The Hall–Kier alpha value is -1.19. The van der Waals surface area contributed by atoms with Crippen LogP contribution >= 0.6 is 23.2 Å². The Kier molecular flexibility index (Phi) is 3.83. The van der Waals surface area contributed by atoms with E-state index in [9.17, 15) is 13.2 Å². The molecule has 0 aromatic heterocycles. The van der Waals surface area contributed by atoms with E-state index in [1.807, 2.05) is 0 Å². The third-order valence-electron chi connectivity index (χ3n) is 2.49. The van der Waals surface area contributed by atoms with Gasteiger partial charge in [-0.2, -0.15) is 0 Å². The monoisotopic (exact) mass is 290 g/mol. The second-order valence-electron chi connectivity index (χ2n) is 3.63. The molecule has 18 heavy (non-hydrogen) atoms. The van der Waals surface area contributed by atoms with Crippen molar-refractivity contribution in [3.05, 3.63) is 57.8 Å². The maximum absolute atomic E-state index is 13.4. The van der Waals surface area contributed by atoms with E-state index in [0.29, 0.717) is 10.6 Å². The summed E-state index contributed by atoms with van der Waals surface area (Å²) in [6.45, 7) is 0. The van der Waals surface area contributed by atoms with E-state index < -0.39 is 17.8 Å². The van der Waals surface area contributed by atoms with E-state index in [1.165, 1.54) is 30.3 Å². The molecule has 0 atom stereocenters. The predicted molar refractivity (Wildman–Crippen MR) is 66.8 cm³/mol. The molecule has 0 aliphatic carbocycles. The standard InChI is InChI=1S/C13H7Cl2F3/c14-7-4-5-8(10(15)6-7)9-2-1-3-11(16)12(9)13(17)18/h1-6,13H. The average molecular weight is 291 g/mol. The summed E-state index contributed by atoms with van der Waals surface area (Å²) in [6, 6.07) is 8.20. The highest BCUT2D eigenvalue weighted by Gasteiger charge is 2.20. The van der Waals surface area contributed by atoms with Crippen LogP contribution in [0.2, 0.25) is 10.0 Å². The Labute approximate surface area is 112 Å². The Morgan fingerprint density at radius 1 is 0.944 bits per heavy atom. The van der Waals surface area contributed by atoms with E-state index in [1.54, 1.807) is 0 Å². The van der Waals surface area contributed by atoms with Crippen molar-refractivity contribution in [1.29, 1.82) is 0 Å². The third kappa shape index (κ3) is 2.47. The summed E-state index contributed by atoms with van der Waals surface area (Å²) in [5, 5.41) is 0.591. The highest BCUT2D eigenvalue weighted by atomic mass is 35.5. The highest BCUT2D eigenvalue weighted by Crippen LogP contribution is 2.37. The zero-order valence-electron chi connectivity index (χ0n) is 8.93. The van der Waals surface area contributed by atoms with Gasteiger partial charge in [0.25, 0.3) is 6.43 Å². The SMILES string of the molecule is Fc1cccc(-c2ccc(Cl)cc2Cl)c1C(F)F. The molecule has 0 bridgehead atoms. The van der Waals surface area contributed by atoms with Crippen LogP contribution in [-0.4, -0.2) is 0 Å². The molecule has 0 aliphatic heterocycles.